The number of hydrogen-bond donors (Lipinski definition) is 0. The Hall–Kier alpha value is -7.00. The highest BCUT2D eigenvalue weighted by Crippen LogP contribution is 2.44. The van der Waals surface area contributed by atoms with Crippen molar-refractivity contribution in [3.05, 3.63) is 212 Å². The van der Waals surface area contributed by atoms with Gasteiger partial charge in [-0.2, -0.15) is 0 Å². The molecule has 0 aliphatic heterocycles. The number of anilines is 3. The molecule has 0 aliphatic carbocycles. The van der Waals surface area contributed by atoms with Crippen molar-refractivity contribution in [2.75, 3.05) is 4.90 Å². The molecule has 11 rings (SSSR count). The van der Waals surface area contributed by atoms with Crippen LogP contribution in [-0.2, 0) is 0 Å². The lowest BCUT2D eigenvalue weighted by Crippen LogP contribution is -2.10. The smallest absolute Gasteiger partial charge is 0.0468 e. The first kappa shape index (κ1) is 32.4. The van der Waals surface area contributed by atoms with Crippen molar-refractivity contribution in [3.63, 3.8) is 0 Å². The fourth-order valence-corrected chi connectivity index (χ4v) is 9.71. The first-order valence-electron chi connectivity index (χ1n) is 19.2. The van der Waals surface area contributed by atoms with Gasteiger partial charge < -0.3 is 4.90 Å². The molecule has 0 spiro atoms. The minimum atomic E-state index is 1.11. The Morgan fingerprint density at radius 2 is 0.893 bits per heavy atom. The number of thiophene rings is 1. The van der Waals surface area contributed by atoms with Crippen molar-refractivity contribution in [1.29, 1.82) is 0 Å². The molecule has 0 amide bonds. The van der Waals surface area contributed by atoms with E-state index in [1.807, 2.05) is 11.3 Å². The quantitative estimate of drug-likeness (QED) is 0.154. The summed E-state index contributed by atoms with van der Waals surface area (Å²) in [5.41, 5.74) is 10.6. The molecule has 11 aromatic rings. The van der Waals surface area contributed by atoms with Crippen LogP contribution in [0.2, 0.25) is 0 Å². The highest BCUT2D eigenvalue weighted by Gasteiger charge is 2.17. The van der Waals surface area contributed by atoms with Crippen LogP contribution in [0, 0.1) is 0 Å². The number of nitrogens with zero attached hydrogens (tertiary/aromatic N) is 1. The van der Waals surface area contributed by atoms with E-state index in [2.05, 4.69) is 217 Å². The number of rotatable bonds is 6. The molecular formula is C54H35NS. The lowest BCUT2D eigenvalue weighted by atomic mass is 9.92. The van der Waals surface area contributed by atoms with Gasteiger partial charge >= 0.3 is 0 Å². The van der Waals surface area contributed by atoms with Crippen molar-refractivity contribution in [3.8, 4) is 33.4 Å². The summed E-state index contributed by atoms with van der Waals surface area (Å²) in [4.78, 5) is 2.41. The Bertz CT molecular complexity index is 3250. The molecule has 2 heteroatoms. The highest BCUT2D eigenvalue weighted by molar-refractivity contribution is 7.26. The van der Waals surface area contributed by atoms with Gasteiger partial charge in [-0.15, -0.1) is 11.3 Å². The van der Waals surface area contributed by atoms with Crippen LogP contribution in [0.4, 0.5) is 17.1 Å². The summed E-state index contributed by atoms with van der Waals surface area (Å²) in [5.74, 6) is 0. The van der Waals surface area contributed by atoms with Gasteiger partial charge in [0.15, 0.2) is 0 Å². The first-order chi connectivity index (χ1) is 27.7. The van der Waals surface area contributed by atoms with Crippen molar-refractivity contribution < 1.29 is 0 Å². The maximum Gasteiger partial charge on any atom is 0.0468 e. The van der Waals surface area contributed by atoms with Crippen molar-refractivity contribution in [2.24, 2.45) is 0 Å². The average molecular weight is 730 g/mol. The maximum atomic E-state index is 2.41. The zero-order valence-electron chi connectivity index (χ0n) is 30.6. The molecule has 0 saturated carbocycles. The monoisotopic (exact) mass is 729 g/mol. The van der Waals surface area contributed by atoms with Gasteiger partial charge in [0.25, 0.3) is 0 Å². The van der Waals surface area contributed by atoms with E-state index in [1.165, 1.54) is 85.9 Å². The molecule has 262 valence electrons. The van der Waals surface area contributed by atoms with Crippen LogP contribution in [0.1, 0.15) is 0 Å². The van der Waals surface area contributed by atoms with Gasteiger partial charge in [0, 0.05) is 37.2 Å². The van der Waals surface area contributed by atoms with E-state index in [0.29, 0.717) is 0 Å². The zero-order chi connectivity index (χ0) is 37.0. The molecule has 0 aliphatic rings. The first-order valence-corrected chi connectivity index (χ1v) is 20.0. The Balaban J connectivity index is 1.05. The van der Waals surface area contributed by atoms with E-state index >= 15 is 0 Å². The normalized spacial score (nSPS) is 11.6. The second kappa shape index (κ2) is 13.4. The molecule has 0 fully saturated rings. The minimum absolute atomic E-state index is 1.11. The minimum Gasteiger partial charge on any atom is -0.310 e. The highest BCUT2D eigenvalue weighted by atomic mass is 32.1. The molecule has 0 unspecified atom stereocenters. The fourth-order valence-electron chi connectivity index (χ4n) is 8.50. The van der Waals surface area contributed by atoms with Crippen LogP contribution < -0.4 is 4.90 Å². The number of benzene rings is 10. The lowest BCUT2D eigenvalue weighted by molar-refractivity contribution is 1.29. The van der Waals surface area contributed by atoms with E-state index in [1.54, 1.807) is 0 Å². The molecule has 0 radical (unpaired) electrons. The third-order valence-corrected chi connectivity index (χ3v) is 12.4. The van der Waals surface area contributed by atoms with Crippen LogP contribution in [0.3, 0.4) is 0 Å². The Morgan fingerprint density at radius 3 is 1.73 bits per heavy atom. The van der Waals surface area contributed by atoms with E-state index in [0.717, 1.165) is 17.1 Å². The maximum absolute atomic E-state index is 2.41. The second-order valence-corrected chi connectivity index (χ2v) is 15.6. The summed E-state index contributed by atoms with van der Waals surface area (Å²) in [5, 5.41) is 10.3. The molecule has 0 saturated heterocycles. The molecule has 56 heavy (non-hydrogen) atoms. The Labute approximate surface area is 330 Å². The largest absolute Gasteiger partial charge is 0.310 e. The predicted octanol–water partition coefficient (Wildman–Crippen LogP) is 16.0. The number of fused-ring (bicyclic) bond motifs is 8. The van der Waals surface area contributed by atoms with Gasteiger partial charge in [-0.1, -0.05) is 158 Å². The predicted molar refractivity (Wildman–Crippen MR) is 243 cm³/mol. The van der Waals surface area contributed by atoms with Gasteiger partial charge in [0.05, 0.1) is 0 Å². The molecule has 0 atom stereocenters. The fraction of sp³-hybridized carbons (Fsp3) is 0. The topological polar surface area (TPSA) is 3.24 Å². The third-order valence-electron chi connectivity index (χ3n) is 11.2. The van der Waals surface area contributed by atoms with Crippen molar-refractivity contribution in [1.82, 2.24) is 0 Å². The lowest BCUT2D eigenvalue weighted by Gasteiger charge is -2.26. The third kappa shape index (κ3) is 5.54. The van der Waals surface area contributed by atoms with E-state index in [4.69, 9.17) is 0 Å². The molecular weight excluding hydrogens is 695 g/mol. The van der Waals surface area contributed by atoms with E-state index in [9.17, 15) is 0 Å². The van der Waals surface area contributed by atoms with Crippen LogP contribution >= 0.6 is 11.3 Å². The molecule has 0 bridgehead atoms. The SMILES string of the molecule is c1ccc(-c2ccc(N(c3cccc(-c4cccc(-c5cc6ccccc6c6ccccc56)c4)c3)c3ccc4sc5c6ccccc6ccc5c4c3)cc2)cc1. The van der Waals surface area contributed by atoms with Gasteiger partial charge in [-0.25, -0.2) is 0 Å². The standard InChI is InChI=1S/C54H35NS/c1-2-12-36(13-3-1)37-24-27-43(28-25-37)55(45-29-31-53-52(35-45)50-30-26-38-14-4-7-21-47(38)54(50)56-53)44-19-11-17-40(33-44)39-16-10-18-41(32-39)51-34-42-15-5-6-20-46(42)48-22-8-9-23-49(48)51/h1-35H. The summed E-state index contributed by atoms with van der Waals surface area (Å²) in [6.07, 6.45) is 0. The molecule has 0 N–H and O–H groups in total. The Kier molecular flexibility index (Phi) is 7.75. The molecule has 1 heterocycles. The molecule has 1 nitrogen and oxygen atoms in total. The van der Waals surface area contributed by atoms with Gasteiger partial charge in [-0.05, 0) is 120 Å². The van der Waals surface area contributed by atoms with Crippen LogP contribution in [0.5, 0.6) is 0 Å². The van der Waals surface area contributed by atoms with Gasteiger partial charge in [-0.3, -0.25) is 0 Å². The van der Waals surface area contributed by atoms with Crippen LogP contribution in [0.15, 0.2) is 212 Å². The van der Waals surface area contributed by atoms with Crippen LogP contribution in [-0.4, -0.2) is 0 Å². The average Bonchev–Trinajstić information content (AvgIpc) is 3.66. The van der Waals surface area contributed by atoms with Crippen molar-refractivity contribution in [2.45, 2.75) is 0 Å². The van der Waals surface area contributed by atoms with Crippen molar-refractivity contribution >= 4 is 80.9 Å². The van der Waals surface area contributed by atoms with E-state index in [-0.39, 0.29) is 0 Å². The molecule has 1 aromatic heterocycles. The summed E-state index contributed by atoms with van der Waals surface area (Å²) in [6.45, 7) is 0. The second-order valence-electron chi connectivity index (χ2n) is 14.5. The summed E-state index contributed by atoms with van der Waals surface area (Å²) >= 11 is 1.88. The molecule has 10 aromatic carbocycles. The number of hydrogen-bond acceptors (Lipinski definition) is 2. The van der Waals surface area contributed by atoms with Gasteiger partial charge in [0.2, 0.25) is 0 Å². The summed E-state index contributed by atoms with van der Waals surface area (Å²) in [7, 11) is 0. The Morgan fingerprint density at radius 1 is 0.286 bits per heavy atom. The van der Waals surface area contributed by atoms with E-state index < -0.39 is 0 Å². The summed E-state index contributed by atoms with van der Waals surface area (Å²) in [6, 6.07) is 77.7. The van der Waals surface area contributed by atoms with Crippen LogP contribution in [0.25, 0.3) is 85.9 Å². The summed E-state index contributed by atoms with van der Waals surface area (Å²) < 4.78 is 2.64. The van der Waals surface area contributed by atoms with Gasteiger partial charge in [0.1, 0.15) is 0 Å². The zero-order valence-corrected chi connectivity index (χ0v) is 31.4.